The number of phenolic OH excluding ortho intramolecular Hbond substituents is 1. The third-order valence-electron chi connectivity index (χ3n) is 13.2. The molecule has 374 valence electrons. The van der Waals surface area contributed by atoms with Gasteiger partial charge in [0.2, 0.25) is 11.8 Å². The first-order valence-corrected chi connectivity index (χ1v) is 22.9. The van der Waals surface area contributed by atoms with E-state index in [0.717, 1.165) is 38.9 Å². The standard InChI is InChI=1S/C52H59N7O8.3H2S/c1-7-46(61)57-21-18-34(29-57)49(63)56(5)44-14-10-9-12-38(44)48(62)54-43-24-32-22-36(25-37(60)23-32)33-15-16-45-39(26-33)40(47(58(45)8-2)41-28-53-19-17-35(41)30-66-6)27-52(3,4)31-67-51(65)42-13-11-20-59(55-42)50(43)64;;;/h7,9-10,12,14-17,19,22-23,25-26,28,34,42-43,55,60H,1,8,11,13,18,20-21,24,27,29-31H2,2-6H3,(H,54,62);3*1H2/t34-,42-,43-;;;/m0.../s1. The van der Waals surface area contributed by atoms with E-state index in [-0.39, 0.29) is 89.7 Å². The molecule has 0 saturated carbocycles. The number of fused-ring (bicyclic) bond motifs is 6. The fourth-order valence-corrected chi connectivity index (χ4v) is 9.81. The molecule has 0 spiro atoms. The van der Waals surface area contributed by atoms with Crippen molar-refractivity contribution in [1.82, 2.24) is 30.2 Å². The molecule has 6 bridgehead atoms. The summed E-state index contributed by atoms with van der Waals surface area (Å²) in [6, 6.07) is 18.0. The third-order valence-corrected chi connectivity index (χ3v) is 13.2. The van der Waals surface area contributed by atoms with Gasteiger partial charge in [0.25, 0.3) is 11.8 Å². The normalized spacial score (nSPS) is 18.8. The molecule has 5 aromatic rings. The molecular weight excluding hydrogens is 947 g/mol. The lowest BCUT2D eigenvalue weighted by Gasteiger charge is -2.35. The van der Waals surface area contributed by atoms with E-state index < -0.39 is 41.2 Å². The van der Waals surface area contributed by atoms with Gasteiger partial charge < -0.3 is 34.3 Å². The highest BCUT2D eigenvalue weighted by Crippen LogP contribution is 2.41. The van der Waals surface area contributed by atoms with Gasteiger partial charge in [0, 0.05) is 81.0 Å². The number of nitrogens with zero attached hydrogens (tertiary/aromatic N) is 5. The van der Waals surface area contributed by atoms with Crippen molar-refractivity contribution in [3.05, 3.63) is 114 Å². The number of nitrogens with one attached hydrogen (secondary N) is 2. The minimum atomic E-state index is -1.18. The van der Waals surface area contributed by atoms with Gasteiger partial charge in [-0.15, -0.1) is 0 Å². The van der Waals surface area contributed by atoms with E-state index in [1.54, 1.807) is 61.7 Å². The van der Waals surface area contributed by atoms with Crippen molar-refractivity contribution in [2.75, 3.05) is 45.3 Å². The number of ether oxygens (including phenoxy) is 2. The zero-order chi connectivity index (χ0) is 47.6. The van der Waals surface area contributed by atoms with Crippen LogP contribution in [0.25, 0.3) is 33.3 Å². The van der Waals surface area contributed by atoms with E-state index in [1.165, 1.54) is 16.0 Å². The van der Waals surface area contributed by atoms with Crippen LogP contribution in [-0.4, -0.2) is 107 Å². The van der Waals surface area contributed by atoms with Gasteiger partial charge in [-0.1, -0.05) is 44.7 Å². The molecule has 4 amide bonds. The maximum atomic E-state index is 14.7. The second kappa shape index (κ2) is 23.4. The number of anilines is 1. The molecule has 0 unspecified atom stereocenters. The summed E-state index contributed by atoms with van der Waals surface area (Å²) in [6.45, 7) is 11.9. The van der Waals surface area contributed by atoms with Crippen molar-refractivity contribution in [1.29, 1.82) is 0 Å². The number of aromatic hydroxyl groups is 1. The van der Waals surface area contributed by atoms with Crippen LogP contribution in [-0.2, 0) is 54.6 Å². The number of para-hydroxylation sites is 1. The molecular formula is C52H65N7O8S3. The molecule has 3 N–H and O–H groups in total. The molecule has 2 aromatic heterocycles. The summed E-state index contributed by atoms with van der Waals surface area (Å²) in [6.07, 6.45) is 6.79. The minimum Gasteiger partial charge on any atom is -0.508 e. The number of phenols is 1. The molecule has 8 rings (SSSR count). The van der Waals surface area contributed by atoms with Crippen molar-refractivity contribution in [3.8, 4) is 28.1 Å². The molecule has 3 aliphatic rings. The second-order valence-corrected chi connectivity index (χ2v) is 18.5. The number of hydrogen-bond acceptors (Lipinski definition) is 10. The number of rotatable bonds is 9. The van der Waals surface area contributed by atoms with E-state index in [9.17, 15) is 29.1 Å². The lowest BCUT2D eigenvalue weighted by atomic mass is 9.84. The number of pyridine rings is 1. The summed E-state index contributed by atoms with van der Waals surface area (Å²) in [5.74, 6) is -2.56. The minimum absolute atomic E-state index is 0. The number of cyclic esters (lactones) is 1. The Kier molecular flexibility index (Phi) is 18.4. The predicted octanol–water partition coefficient (Wildman–Crippen LogP) is 6.54. The van der Waals surface area contributed by atoms with E-state index in [2.05, 4.69) is 59.8 Å². The fourth-order valence-electron chi connectivity index (χ4n) is 9.81. The smallest absolute Gasteiger partial charge is 0.324 e. The number of carbonyl (C=O) groups is 5. The predicted molar refractivity (Wildman–Crippen MR) is 286 cm³/mol. The Morgan fingerprint density at radius 2 is 1.80 bits per heavy atom. The highest BCUT2D eigenvalue weighted by molar-refractivity contribution is 7.59. The van der Waals surface area contributed by atoms with Crippen LogP contribution in [0.3, 0.4) is 0 Å². The number of aromatic nitrogens is 2. The Labute approximate surface area is 430 Å². The van der Waals surface area contributed by atoms with Crippen molar-refractivity contribution in [2.24, 2.45) is 11.3 Å². The van der Waals surface area contributed by atoms with Gasteiger partial charge in [-0.3, -0.25) is 34.0 Å². The number of hydrogen-bond donors (Lipinski definition) is 3. The van der Waals surface area contributed by atoms with Crippen molar-refractivity contribution >= 4 is 86.7 Å². The zero-order valence-electron chi connectivity index (χ0n) is 40.3. The molecule has 3 aliphatic heterocycles. The van der Waals surface area contributed by atoms with E-state index >= 15 is 0 Å². The monoisotopic (exact) mass is 1010 g/mol. The molecule has 2 fully saturated rings. The molecule has 5 heterocycles. The number of carbonyl (C=O) groups excluding carboxylic acids is 5. The summed E-state index contributed by atoms with van der Waals surface area (Å²) in [7, 11) is 3.26. The van der Waals surface area contributed by atoms with Crippen LogP contribution in [0.4, 0.5) is 5.69 Å². The third kappa shape index (κ3) is 11.5. The number of esters is 1. The van der Waals surface area contributed by atoms with Crippen LogP contribution in [0.5, 0.6) is 5.75 Å². The first-order valence-electron chi connectivity index (χ1n) is 22.9. The lowest BCUT2D eigenvalue weighted by molar-refractivity contribution is -0.155. The molecule has 18 heteroatoms. The maximum absolute atomic E-state index is 14.7. The van der Waals surface area contributed by atoms with Crippen LogP contribution < -0.4 is 15.6 Å². The number of hydrazine groups is 1. The van der Waals surface area contributed by atoms with Gasteiger partial charge in [-0.25, -0.2) is 5.43 Å². The summed E-state index contributed by atoms with van der Waals surface area (Å²) < 4.78 is 14.0. The molecule has 70 heavy (non-hydrogen) atoms. The number of likely N-dealkylation sites (tertiary alicyclic amines) is 1. The van der Waals surface area contributed by atoms with E-state index in [4.69, 9.17) is 9.47 Å². The van der Waals surface area contributed by atoms with Crippen LogP contribution in [0.15, 0.2) is 91.8 Å². The first kappa shape index (κ1) is 55.1. The quantitative estimate of drug-likeness (QED) is 0.109. The second-order valence-electron chi connectivity index (χ2n) is 18.5. The number of amides is 4. The SMILES string of the molecule is C=CC(=O)N1CC[C@H](C(=O)N(C)c2ccccc2C(=O)N[C@H]2Cc3cc(O)cc(c3)-c3ccc4c(c3)c(c(-c3cnccc3COC)n4CC)CC(C)(C)COC(=O)[C@@H]3CCCN(N3)C2=O)C1.S.S.S. The van der Waals surface area contributed by atoms with Gasteiger partial charge in [0.15, 0.2) is 0 Å². The van der Waals surface area contributed by atoms with Gasteiger partial charge in [0.1, 0.15) is 17.8 Å². The van der Waals surface area contributed by atoms with Crippen LogP contribution in [0.1, 0.15) is 67.1 Å². The Balaban J connectivity index is 0.00000304. The fraction of sp³-hybridized carbons (Fsp3) is 0.385. The number of methoxy groups -OCH3 is 1. The highest BCUT2D eigenvalue weighted by atomic mass is 32.1. The van der Waals surface area contributed by atoms with Gasteiger partial charge in [0.05, 0.1) is 36.1 Å². The zero-order valence-corrected chi connectivity index (χ0v) is 43.3. The average Bonchev–Trinajstić information content (AvgIpc) is 3.95. The molecule has 3 atom stereocenters. The van der Waals surface area contributed by atoms with Gasteiger partial charge >= 0.3 is 5.97 Å². The summed E-state index contributed by atoms with van der Waals surface area (Å²) in [4.78, 5) is 76.8. The van der Waals surface area contributed by atoms with Crippen molar-refractivity contribution in [3.63, 3.8) is 0 Å². The summed E-state index contributed by atoms with van der Waals surface area (Å²) >= 11 is 0. The highest BCUT2D eigenvalue weighted by Gasteiger charge is 2.37. The van der Waals surface area contributed by atoms with Crippen LogP contribution in [0.2, 0.25) is 0 Å². The molecule has 15 nitrogen and oxygen atoms in total. The van der Waals surface area contributed by atoms with E-state index in [1.807, 2.05) is 24.4 Å². The maximum Gasteiger partial charge on any atom is 0.324 e. The van der Waals surface area contributed by atoms with Crippen molar-refractivity contribution in [2.45, 2.75) is 78.1 Å². The number of benzene rings is 3. The van der Waals surface area contributed by atoms with Crippen molar-refractivity contribution < 1.29 is 38.6 Å². The van der Waals surface area contributed by atoms with Crippen LogP contribution in [0, 0.1) is 11.3 Å². The molecule has 0 radical (unpaired) electrons. The average molecular weight is 1010 g/mol. The molecule has 2 saturated heterocycles. The molecule has 0 aliphatic carbocycles. The Hall–Kier alpha value is -5.79. The Morgan fingerprint density at radius 3 is 2.54 bits per heavy atom. The number of aryl methyl sites for hydroxylation is 1. The Morgan fingerprint density at radius 1 is 1.03 bits per heavy atom. The first-order chi connectivity index (χ1) is 32.2. The van der Waals surface area contributed by atoms with E-state index in [0.29, 0.717) is 62.2 Å². The lowest BCUT2D eigenvalue weighted by Crippen LogP contribution is -2.60. The summed E-state index contributed by atoms with van der Waals surface area (Å²) in [5, 5.41) is 16.7. The van der Waals surface area contributed by atoms with Gasteiger partial charge in [-0.2, -0.15) is 40.5 Å². The molecule has 3 aromatic carbocycles. The largest absolute Gasteiger partial charge is 0.508 e. The van der Waals surface area contributed by atoms with Gasteiger partial charge in [-0.05, 0) is 109 Å². The topological polar surface area (TPSA) is 176 Å². The van der Waals surface area contributed by atoms with Crippen LogP contribution >= 0.6 is 40.5 Å². The summed E-state index contributed by atoms with van der Waals surface area (Å²) in [5.41, 5.74) is 10.2. The Bertz CT molecular complexity index is 2760.